The van der Waals surface area contributed by atoms with Crippen molar-refractivity contribution in [3.8, 4) is 5.75 Å². The van der Waals surface area contributed by atoms with Gasteiger partial charge < -0.3 is 15.2 Å². The monoisotopic (exact) mass is 306 g/mol. The maximum atomic E-state index is 11.5. The van der Waals surface area contributed by atoms with E-state index >= 15 is 0 Å². The number of thioether (sulfide) groups is 1. The summed E-state index contributed by atoms with van der Waals surface area (Å²) < 4.78 is 5.41. The molecule has 0 radical (unpaired) electrons. The van der Waals surface area contributed by atoms with Crippen LogP contribution in [-0.2, 0) is 4.79 Å². The Labute approximate surface area is 128 Å². The van der Waals surface area contributed by atoms with E-state index in [4.69, 9.17) is 4.74 Å². The van der Waals surface area contributed by atoms with Crippen LogP contribution in [0.5, 0.6) is 5.75 Å². The molecular weight excluding hydrogens is 288 g/mol. The molecule has 2 rings (SSSR count). The maximum Gasteiger partial charge on any atom is 0.335 e. The van der Waals surface area contributed by atoms with Crippen LogP contribution in [0.4, 0.5) is 0 Å². The van der Waals surface area contributed by atoms with Gasteiger partial charge in [0.05, 0.1) is 12.2 Å². The Morgan fingerprint density at radius 1 is 1.43 bits per heavy atom. The lowest BCUT2D eigenvalue weighted by Gasteiger charge is -2.24. The normalized spacial score (nSPS) is 18.0. The number of ether oxygens (including phenoxy) is 1. The predicted octanol–water partition coefficient (Wildman–Crippen LogP) is 2.81. The zero-order chi connectivity index (χ0) is 15.4. The molecule has 1 unspecified atom stereocenters. The number of allylic oxidation sites excluding steroid dienone is 1. The second-order valence-corrected chi connectivity index (χ2v) is 5.31. The van der Waals surface area contributed by atoms with Crippen molar-refractivity contribution in [2.45, 2.75) is 19.9 Å². The SMILES string of the molecule is CCOc1ccc(C2N=C(SC)NC(C)=C2C(=O)O)cc1. The predicted molar refractivity (Wildman–Crippen MR) is 84.8 cm³/mol. The third kappa shape index (κ3) is 3.39. The first-order valence-electron chi connectivity index (χ1n) is 6.62. The molecule has 2 N–H and O–H groups in total. The van der Waals surface area contributed by atoms with Gasteiger partial charge in [0.25, 0.3) is 0 Å². The van der Waals surface area contributed by atoms with Crippen molar-refractivity contribution < 1.29 is 14.6 Å². The first-order valence-corrected chi connectivity index (χ1v) is 7.85. The topological polar surface area (TPSA) is 70.9 Å². The van der Waals surface area contributed by atoms with Gasteiger partial charge in [0.2, 0.25) is 0 Å². The Morgan fingerprint density at radius 2 is 2.10 bits per heavy atom. The molecule has 1 aliphatic rings. The molecule has 6 heteroatoms. The molecule has 1 heterocycles. The molecule has 0 spiro atoms. The molecule has 21 heavy (non-hydrogen) atoms. The number of carbonyl (C=O) groups is 1. The smallest absolute Gasteiger partial charge is 0.335 e. The number of nitrogens with zero attached hydrogens (tertiary/aromatic N) is 1. The Kier molecular flexibility index (Phi) is 4.90. The van der Waals surface area contributed by atoms with Gasteiger partial charge in [-0.15, -0.1) is 0 Å². The van der Waals surface area contributed by atoms with E-state index in [9.17, 15) is 9.90 Å². The average molecular weight is 306 g/mol. The van der Waals surface area contributed by atoms with Gasteiger partial charge in [-0.2, -0.15) is 0 Å². The van der Waals surface area contributed by atoms with E-state index in [-0.39, 0.29) is 5.57 Å². The van der Waals surface area contributed by atoms with E-state index in [2.05, 4.69) is 10.3 Å². The van der Waals surface area contributed by atoms with Crippen LogP contribution in [0, 0.1) is 0 Å². The quantitative estimate of drug-likeness (QED) is 0.895. The highest BCUT2D eigenvalue weighted by Crippen LogP contribution is 2.32. The molecule has 0 amide bonds. The number of aliphatic carboxylic acids is 1. The first kappa shape index (κ1) is 15.4. The second kappa shape index (κ2) is 6.67. The van der Waals surface area contributed by atoms with Crippen molar-refractivity contribution in [3.05, 3.63) is 41.1 Å². The lowest BCUT2D eigenvalue weighted by molar-refractivity contribution is -0.133. The highest BCUT2D eigenvalue weighted by Gasteiger charge is 2.28. The standard InChI is InChI=1S/C15H18N2O3S/c1-4-20-11-7-5-10(6-8-11)13-12(14(18)19)9(2)16-15(17-13)21-3/h5-8,13H,4H2,1-3H3,(H,16,17)(H,18,19). The summed E-state index contributed by atoms with van der Waals surface area (Å²) in [6.45, 7) is 4.28. The molecule has 0 saturated heterocycles. The van der Waals surface area contributed by atoms with Crippen LogP contribution in [-0.4, -0.2) is 29.1 Å². The zero-order valence-corrected chi connectivity index (χ0v) is 13.0. The molecule has 112 valence electrons. The minimum Gasteiger partial charge on any atom is -0.494 e. The lowest BCUT2D eigenvalue weighted by Crippen LogP contribution is -2.29. The highest BCUT2D eigenvalue weighted by molar-refractivity contribution is 8.13. The van der Waals surface area contributed by atoms with Gasteiger partial charge >= 0.3 is 5.97 Å². The summed E-state index contributed by atoms with van der Waals surface area (Å²) >= 11 is 1.46. The number of aliphatic imine (C=N–C) groups is 1. The molecule has 1 aromatic rings. The van der Waals surface area contributed by atoms with Gasteiger partial charge in [0.15, 0.2) is 5.17 Å². The molecule has 1 atom stereocenters. The van der Waals surface area contributed by atoms with E-state index in [1.165, 1.54) is 11.8 Å². The number of carboxylic acids is 1. The van der Waals surface area contributed by atoms with E-state index in [1.807, 2.05) is 37.4 Å². The number of carboxylic acid groups (broad SMARTS) is 1. The molecule has 1 aliphatic heterocycles. The maximum absolute atomic E-state index is 11.5. The van der Waals surface area contributed by atoms with Crippen LogP contribution in [0.2, 0.25) is 0 Å². The summed E-state index contributed by atoms with van der Waals surface area (Å²) in [4.78, 5) is 16.0. The Hall–Kier alpha value is -1.95. The molecule has 0 saturated carbocycles. The molecular formula is C15H18N2O3S. The van der Waals surface area contributed by atoms with E-state index in [1.54, 1.807) is 6.92 Å². The second-order valence-electron chi connectivity index (χ2n) is 4.51. The largest absolute Gasteiger partial charge is 0.494 e. The average Bonchev–Trinajstić information content (AvgIpc) is 2.47. The van der Waals surface area contributed by atoms with Crippen LogP contribution in [0.1, 0.15) is 25.5 Å². The summed E-state index contributed by atoms with van der Waals surface area (Å²) in [7, 11) is 0. The van der Waals surface area contributed by atoms with Gasteiger partial charge in [-0.25, -0.2) is 9.79 Å². The van der Waals surface area contributed by atoms with E-state index in [0.29, 0.717) is 12.3 Å². The highest BCUT2D eigenvalue weighted by atomic mass is 32.2. The zero-order valence-electron chi connectivity index (χ0n) is 12.2. The van der Waals surface area contributed by atoms with Crippen LogP contribution >= 0.6 is 11.8 Å². The molecule has 0 bridgehead atoms. The first-order chi connectivity index (χ1) is 10.1. The number of hydrogen-bond acceptors (Lipinski definition) is 5. The Morgan fingerprint density at radius 3 is 2.62 bits per heavy atom. The third-order valence-electron chi connectivity index (χ3n) is 3.15. The van der Waals surface area contributed by atoms with Gasteiger partial charge in [-0.1, -0.05) is 23.9 Å². The van der Waals surface area contributed by atoms with E-state index < -0.39 is 12.0 Å². The van der Waals surface area contributed by atoms with Gasteiger partial charge in [0.1, 0.15) is 11.8 Å². The number of rotatable bonds is 4. The van der Waals surface area contributed by atoms with Crippen LogP contribution in [0.3, 0.4) is 0 Å². The van der Waals surface area contributed by atoms with Gasteiger partial charge in [-0.3, -0.25) is 0 Å². The van der Waals surface area contributed by atoms with Crippen molar-refractivity contribution in [2.75, 3.05) is 12.9 Å². The summed E-state index contributed by atoms with van der Waals surface area (Å²) in [5, 5.41) is 13.2. The number of hydrogen-bond donors (Lipinski definition) is 2. The van der Waals surface area contributed by atoms with Crippen molar-refractivity contribution in [2.24, 2.45) is 4.99 Å². The molecule has 5 nitrogen and oxygen atoms in total. The summed E-state index contributed by atoms with van der Waals surface area (Å²) in [6, 6.07) is 6.90. The van der Waals surface area contributed by atoms with Crippen molar-refractivity contribution in [1.82, 2.24) is 5.32 Å². The van der Waals surface area contributed by atoms with Crippen LogP contribution in [0.15, 0.2) is 40.5 Å². The Bertz CT molecular complexity index is 593. The molecule has 0 aliphatic carbocycles. The fraction of sp³-hybridized carbons (Fsp3) is 0.333. The van der Waals surface area contributed by atoms with Gasteiger partial charge in [-0.05, 0) is 37.8 Å². The fourth-order valence-electron chi connectivity index (χ4n) is 2.18. The number of nitrogens with one attached hydrogen (secondary N) is 1. The van der Waals surface area contributed by atoms with Crippen molar-refractivity contribution in [1.29, 1.82) is 0 Å². The summed E-state index contributed by atoms with van der Waals surface area (Å²) in [6.07, 6.45) is 1.90. The minimum atomic E-state index is -0.956. The Balaban J connectivity index is 2.39. The van der Waals surface area contributed by atoms with Gasteiger partial charge in [0, 0.05) is 5.70 Å². The minimum absolute atomic E-state index is 0.275. The van der Waals surface area contributed by atoms with Crippen LogP contribution in [0.25, 0.3) is 0 Å². The third-order valence-corrected chi connectivity index (χ3v) is 3.74. The molecule has 0 aromatic heterocycles. The molecule has 1 aromatic carbocycles. The van der Waals surface area contributed by atoms with Crippen molar-refractivity contribution >= 4 is 22.9 Å². The van der Waals surface area contributed by atoms with E-state index in [0.717, 1.165) is 16.5 Å². The summed E-state index contributed by atoms with van der Waals surface area (Å²) in [5.41, 5.74) is 1.74. The van der Waals surface area contributed by atoms with Crippen LogP contribution < -0.4 is 10.1 Å². The molecule has 0 fully saturated rings. The van der Waals surface area contributed by atoms with Crippen molar-refractivity contribution in [3.63, 3.8) is 0 Å². The number of benzene rings is 1. The number of amidine groups is 1. The fourth-order valence-corrected chi connectivity index (χ4v) is 2.65. The summed E-state index contributed by atoms with van der Waals surface area (Å²) in [5.74, 6) is -0.190. The lowest BCUT2D eigenvalue weighted by atomic mass is 9.96.